The van der Waals surface area contributed by atoms with E-state index in [1.165, 1.54) is 32.4 Å². The maximum atomic E-state index is 12.7. The van der Waals surface area contributed by atoms with Crippen LogP contribution in [-0.2, 0) is 10.0 Å². The number of thiazole rings is 1. The molecule has 0 fully saturated rings. The molecule has 0 saturated heterocycles. The Morgan fingerprint density at radius 1 is 1.04 bits per heavy atom. The van der Waals surface area contributed by atoms with E-state index < -0.39 is 10.0 Å². The van der Waals surface area contributed by atoms with Gasteiger partial charge in [0.2, 0.25) is 0 Å². The molecule has 9 heteroatoms. The Labute approximate surface area is 161 Å². The van der Waals surface area contributed by atoms with E-state index in [9.17, 15) is 13.2 Å². The number of sulfonamides is 1. The van der Waals surface area contributed by atoms with Crippen molar-refractivity contribution in [3.05, 3.63) is 46.1 Å². The zero-order valence-corrected chi connectivity index (χ0v) is 17.0. The Balaban J connectivity index is 1.97. The molecule has 1 heterocycles. The van der Waals surface area contributed by atoms with Crippen LogP contribution in [0.3, 0.4) is 0 Å². The zero-order valence-electron chi connectivity index (χ0n) is 15.3. The average Bonchev–Trinajstić information content (AvgIpc) is 2.95. The monoisotopic (exact) mass is 408 g/mol. The number of methoxy groups -OCH3 is 2. The Bertz CT molecular complexity index is 1150. The molecule has 7 nitrogen and oxygen atoms in total. The minimum atomic E-state index is -3.83. The van der Waals surface area contributed by atoms with Gasteiger partial charge >= 0.3 is 4.87 Å². The highest BCUT2D eigenvalue weighted by molar-refractivity contribution is 7.92. The second kappa shape index (κ2) is 7.24. The lowest BCUT2D eigenvalue weighted by Crippen LogP contribution is -2.15. The van der Waals surface area contributed by atoms with Gasteiger partial charge < -0.3 is 9.47 Å². The molecule has 0 aliphatic carbocycles. The summed E-state index contributed by atoms with van der Waals surface area (Å²) in [5, 5.41) is 0. The Morgan fingerprint density at radius 3 is 2.37 bits per heavy atom. The van der Waals surface area contributed by atoms with Crippen molar-refractivity contribution in [3.63, 3.8) is 0 Å². The van der Waals surface area contributed by atoms with Crippen molar-refractivity contribution in [2.24, 2.45) is 0 Å². The molecule has 0 amide bonds. The first-order valence-electron chi connectivity index (χ1n) is 8.16. The largest absolute Gasteiger partial charge is 0.493 e. The molecule has 0 aliphatic rings. The Kier molecular flexibility index (Phi) is 5.16. The van der Waals surface area contributed by atoms with Gasteiger partial charge in [-0.15, -0.1) is 0 Å². The SMILES string of the molecule is COc1ccc(S(=O)(=O)Nc2ccc3c(c2)sc(=O)n3C(C)C)cc1OC. The molecule has 27 heavy (non-hydrogen) atoms. The Hall–Kier alpha value is -2.52. The van der Waals surface area contributed by atoms with E-state index >= 15 is 0 Å². The number of nitrogens with zero attached hydrogens (tertiary/aromatic N) is 1. The van der Waals surface area contributed by atoms with Crippen LogP contribution in [0.15, 0.2) is 46.1 Å². The molecular weight excluding hydrogens is 388 g/mol. The number of anilines is 1. The minimum absolute atomic E-state index is 0.0283. The molecule has 3 aromatic rings. The van der Waals surface area contributed by atoms with E-state index in [2.05, 4.69) is 4.72 Å². The van der Waals surface area contributed by atoms with Gasteiger partial charge in [-0.2, -0.15) is 0 Å². The van der Waals surface area contributed by atoms with Crippen LogP contribution in [0.4, 0.5) is 5.69 Å². The summed E-state index contributed by atoms with van der Waals surface area (Å²) in [5.41, 5.74) is 1.17. The van der Waals surface area contributed by atoms with E-state index in [1.54, 1.807) is 22.8 Å². The van der Waals surface area contributed by atoms with Crippen molar-refractivity contribution >= 4 is 37.3 Å². The third kappa shape index (κ3) is 3.65. The molecule has 0 aliphatic heterocycles. The maximum Gasteiger partial charge on any atom is 0.308 e. The van der Waals surface area contributed by atoms with Crippen LogP contribution in [0.25, 0.3) is 10.2 Å². The van der Waals surface area contributed by atoms with Crippen molar-refractivity contribution in [1.29, 1.82) is 0 Å². The molecule has 144 valence electrons. The normalized spacial score (nSPS) is 11.7. The highest BCUT2D eigenvalue weighted by atomic mass is 32.2. The second-order valence-electron chi connectivity index (χ2n) is 6.14. The van der Waals surface area contributed by atoms with E-state index in [0.29, 0.717) is 17.2 Å². The van der Waals surface area contributed by atoms with Gasteiger partial charge in [0.05, 0.1) is 35.0 Å². The fourth-order valence-electron chi connectivity index (χ4n) is 2.79. The third-order valence-electron chi connectivity index (χ3n) is 4.05. The quantitative estimate of drug-likeness (QED) is 0.675. The molecule has 3 rings (SSSR count). The maximum absolute atomic E-state index is 12.7. The lowest BCUT2D eigenvalue weighted by molar-refractivity contribution is 0.354. The molecule has 0 unspecified atom stereocenters. The zero-order chi connectivity index (χ0) is 19.8. The van der Waals surface area contributed by atoms with Crippen molar-refractivity contribution in [2.75, 3.05) is 18.9 Å². The van der Waals surface area contributed by atoms with Crippen molar-refractivity contribution in [2.45, 2.75) is 24.8 Å². The smallest absolute Gasteiger partial charge is 0.308 e. The molecule has 0 spiro atoms. The molecule has 0 atom stereocenters. The number of hydrogen-bond acceptors (Lipinski definition) is 6. The van der Waals surface area contributed by atoms with Crippen LogP contribution < -0.4 is 19.1 Å². The van der Waals surface area contributed by atoms with Crippen LogP contribution in [-0.4, -0.2) is 27.2 Å². The van der Waals surface area contributed by atoms with E-state index in [-0.39, 0.29) is 15.8 Å². The highest BCUT2D eigenvalue weighted by Crippen LogP contribution is 2.31. The van der Waals surface area contributed by atoms with Gasteiger partial charge in [-0.3, -0.25) is 14.1 Å². The van der Waals surface area contributed by atoms with Crippen LogP contribution in [0.1, 0.15) is 19.9 Å². The second-order valence-corrected chi connectivity index (χ2v) is 8.81. The van der Waals surface area contributed by atoms with Crippen LogP contribution in [0, 0.1) is 0 Å². The number of aromatic nitrogens is 1. The van der Waals surface area contributed by atoms with Crippen LogP contribution in [0.2, 0.25) is 0 Å². The summed E-state index contributed by atoms with van der Waals surface area (Å²) in [6.07, 6.45) is 0. The topological polar surface area (TPSA) is 86.6 Å². The minimum Gasteiger partial charge on any atom is -0.493 e. The summed E-state index contributed by atoms with van der Waals surface area (Å²) in [5.74, 6) is 0.765. The first kappa shape index (κ1) is 19.2. The standard InChI is InChI=1S/C18H20N2O5S2/c1-11(2)20-14-7-5-12(9-17(14)26-18(20)21)19-27(22,23)13-6-8-15(24-3)16(10-13)25-4/h5-11,19H,1-4H3. The van der Waals surface area contributed by atoms with Gasteiger partial charge in [-0.1, -0.05) is 11.3 Å². The predicted octanol–water partition coefficient (Wildman–Crippen LogP) is 3.46. The number of fused-ring (bicyclic) bond motifs is 1. The number of nitrogens with one attached hydrogen (secondary N) is 1. The molecular formula is C18H20N2O5S2. The van der Waals surface area contributed by atoms with Gasteiger partial charge in [-0.05, 0) is 44.2 Å². The van der Waals surface area contributed by atoms with Gasteiger partial charge in [0.15, 0.2) is 11.5 Å². The summed E-state index contributed by atoms with van der Waals surface area (Å²) in [6, 6.07) is 9.46. The molecule has 1 N–H and O–H groups in total. The number of rotatable bonds is 6. The summed E-state index contributed by atoms with van der Waals surface area (Å²) < 4.78 is 40.7. The molecule has 0 saturated carbocycles. The van der Waals surface area contributed by atoms with E-state index in [1.807, 2.05) is 13.8 Å². The summed E-state index contributed by atoms with van der Waals surface area (Å²) >= 11 is 1.09. The lowest BCUT2D eigenvalue weighted by atomic mass is 10.3. The number of ether oxygens (including phenoxy) is 2. The van der Waals surface area contributed by atoms with Crippen molar-refractivity contribution in [3.8, 4) is 11.5 Å². The molecule has 0 radical (unpaired) electrons. The Morgan fingerprint density at radius 2 is 1.74 bits per heavy atom. The van der Waals surface area contributed by atoms with Gasteiger partial charge in [-0.25, -0.2) is 8.42 Å². The van der Waals surface area contributed by atoms with Crippen molar-refractivity contribution in [1.82, 2.24) is 4.57 Å². The summed E-state index contributed by atoms with van der Waals surface area (Å²) in [4.78, 5) is 12.1. The fourth-order valence-corrected chi connectivity index (χ4v) is 4.90. The number of benzene rings is 2. The third-order valence-corrected chi connectivity index (χ3v) is 6.34. The molecule has 0 bridgehead atoms. The summed E-state index contributed by atoms with van der Waals surface area (Å²) in [6.45, 7) is 3.86. The number of hydrogen-bond donors (Lipinski definition) is 1. The first-order valence-corrected chi connectivity index (χ1v) is 10.5. The average molecular weight is 409 g/mol. The van der Waals surface area contributed by atoms with Gasteiger partial charge in [0, 0.05) is 12.1 Å². The fraction of sp³-hybridized carbons (Fsp3) is 0.278. The van der Waals surface area contributed by atoms with Gasteiger partial charge in [0.25, 0.3) is 10.0 Å². The lowest BCUT2D eigenvalue weighted by Gasteiger charge is -2.12. The van der Waals surface area contributed by atoms with Gasteiger partial charge in [0.1, 0.15) is 0 Å². The molecule has 2 aromatic carbocycles. The molecule has 1 aromatic heterocycles. The van der Waals surface area contributed by atoms with E-state index in [4.69, 9.17) is 9.47 Å². The van der Waals surface area contributed by atoms with Crippen LogP contribution >= 0.6 is 11.3 Å². The summed E-state index contributed by atoms with van der Waals surface area (Å²) in [7, 11) is -0.903. The highest BCUT2D eigenvalue weighted by Gasteiger charge is 2.18. The first-order chi connectivity index (χ1) is 12.8. The predicted molar refractivity (Wildman–Crippen MR) is 107 cm³/mol. The van der Waals surface area contributed by atoms with Crippen LogP contribution in [0.5, 0.6) is 11.5 Å². The van der Waals surface area contributed by atoms with E-state index in [0.717, 1.165) is 21.6 Å². The van der Waals surface area contributed by atoms with Crippen molar-refractivity contribution < 1.29 is 17.9 Å².